The number of nitrogens with zero attached hydrogens (tertiary/aromatic N) is 1. The molecule has 1 saturated heterocycles. The maximum absolute atomic E-state index is 13.0. The van der Waals surface area contributed by atoms with Crippen LogP contribution in [0.5, 0.6) is 0 Å². The van der Waals surface area contributed by atoms with Crippen LogP contribution in [-0.2, 0) is 11.0 Å². The molecule has 1 N–H and O–H groups in total. The summed E-state index contributed by atoms with van der Waals surface area (Å²) in [5, 5.41) is 2.71. The molecule has 0 aromatic heterocycles. The Bertz CT molecular complexity index is 504. The van der Waals surface area contributed by atoms with E-state index in [9.17, 15) is 18.0 Å². The van der Waals surface area contributed by atoms with Crippen molar-refractivity contribution in [2.75, 3.05) is 18.5 Å². The van der Waals surface area contributed by atoms with E-state index in [2.05, 4.69) is 5.32 Å². The minimum Gasteiger partial charge on any atom is -0.309 e. The molecule has 1 aliphatic rings. The Morgan fingerprint density at radius 3 is 2.63 bits per heavy atom. The first kappa shape index (κ1) is 14.1. The molecule has 19 heavy (non-hydrogen) atoms. The van der Waals surface area contributed by atoms with Crippen molar-refractivity contribution >= 4 is 23.2 Å². The summed E-state index contributed by atoms with van der Waals surface area (Å²) >= 11 is 5.86. The number of para-hydroxylation sites is 1. The van der Waals surface area contributed by atoms with Gasteiger partial charge in [-0.25, -0.2) is 0 Å². The molecule has 1 aliphatic heterocycles. The van der Waals surface area contributed by atoms with Crippen LogP contribution < -0.4 is 10.2 Å². The average molecular weight is 293 g/mol. The van der Waals surface area contributed by atoms with Crippen LogP contribution in [0.2, 0.25) is 5.02 Å². The first-order chi connectivity index (χ1) is 8.86. The van der Waals surface area contributed by atoms with Gasteiger partial charge in [0.25, 0.3) is 0 Å². The molecule has 1 atom stereocenters. The van der Waals surface area contributed by atoms with Gasteiger partial charge in [-0.1, -0.05) is 17.7 Å². The summed E-state index contributed by atoms with van der Waals surface area (Å²) in [4.78, 5) is 13.1. The first-order valence-electron chi connectivity index (χ1n) is 5.70. The minimum atomic E-state index is -4.54. The maximum Gasteiger partial charge on any atom is 0.418 e. The Morgan fingerprint density at radius 2 is 2.11 bits per heavy atom. The van der Waals surface area contributed by atoms with Gasteiger partial charge in [0, 0.05) is 6.54 Å². The van der Waals surface area contributed by atoms with Crippen molar-refractivity contribution in [1.29, 1.82) is 0 Å². The van der Waals surface area contributed by atoms with E-state index in [0.29, 0.717) is 6.42 Å². The van der Waals surface area contributed by atoms with Crippen LogP contribution in [0.4, 0.5) is 18.9 Å². The summed E-state index contributed by atoms with van der Waals surface area (Å²) in [6, 6.07) is 3.05. The summed E-state index contributed by atoms with van der Waals surface area (Å²) in [5.74, 6) is -0.388. The van der Waals surface area contributed by atoms with Crippen molar-refractivity contribution in [3.8, 4) is 0 Å². The van der Waals surface area contributed by atoms with Gasteiger partial charge >= 0.3 is 6.18 Å². The summed E-state index contributed by atoms with van der Waals surface area (Å²) in [6.45, 7) is 0.219. The fourth-order valence-electron chi connectivity index (χ4n) is 2.19. The van der Waals surface area contributed by atoms with Crippen LogP contribution in [0, 0.1) is 0 Å². The van der Waals surface area contributed by atoms with E-state index < -0.39 is 17.8 Å². The lowest BCUT2D eigenvalue weighted by Gasteiger charge is -2.22. The number of rotatable bonds is 2. The SMILES string of the molecule is CNC1CCN(c2c(Cl)cccc2C(F)(F)F)C1=O. The fourth-order valence-corrected chi connectivity index (χ4v) is 2.46. The maximum atomic E-state index is 13.0. The van der Waals surface area contributed by atoms with Crippen LogP contribution in [-0.4, -0.2) is 25.5 Å². The second-order valence-corrected chi connectivity index (χ2v) is 4.66. The lowest BCUT2D eigenvalue weighted by Crippen LogP contribution is -2.37. The molecule has 1 unspecified atom stereocenters. The molecule has 0 bridgehead atoms. The third-order valence-electron chi connectivity index (χ3n) is 3.12. The van der Waals surface area contributed by atoms with Crippen molar-refractivity contribution < 1.29 is 18.0 Å². The smallest absolute Gasteiger partial charge is 0.309 e. The van der Waals surface area contributed by atoms with Gasteiger partial charge in [-0.3, -0.25) is 4.79 Å². The number of hydrogen-bond acceptors (Lipinski definition) is 2. The average Bonchev–Trinajstić information content (AvgIpc) is 2.69. The minimum absolute atomic E-state index is 0.0695. The van der Waals surface area contributed by atoms with E-state index in [1.807, 2.05) is 0 Å². The van der Waals surface area contributed by atoms with Crippen molar-refractivity contribution in [3.63, 3.8) is 0 Å². The van der Waals surface area contributed by atoms with Gasteiger partial charge in [-0.05, 0) is 25.6 Å². The van der Waals surface area contributed by atoms with E-state index in [0.717, 1.165) is 11.0 Å². The van der Waals surface area contributed by atoms with E-state index in [4.69, 9.17) is 11.6 Å². The third kappa shape index (κ3) is 2.55. The monoisotopic (exact) mass is 292 g/mol. The van der Waals surface area contributed by atoms with Crippen LogP contribution in [0.1, 0.15) is 12.0 Å². The molecular formula is C12H12ClF3N2O. The number of benzene rings is 1. The zero-order valence-corrected chi connectivity index (χ0v) is 10.8. The zero-order chi connectivity index (χ0) is 14.2. The number of amides is 1. The first-order valence-corrected chi connectivity index (χ1v) is 6.08. The number of nitrogens with one attached hydrogen (secondary N) is 1. The summed E-state index contributed by atoms with van der Waals surface area (Å²) < 4.78 is 38.9. The van der Waals surface area contributed by atoms with Crippen molar-refractivity contribution in [1.82, 2.24) is 5.32 Å². The van der Waals surface area contributed by atoms with Crippen molar-refractivity contribution in [2.45, 2.75) is 18.6 Å². The van der Waals surface area contributed by atoms with E-state index >= 15 is 0 Å². The highest BCUT2D eigenvalue weighted by molar-refractivity contribution is 6.34. The van der Waals surface area contributed by atoms with Crippen molar-refractivity contribution in [3.05, 3.63) is 28.8 Å². The summed E-state index contributed by atoms with van der Waals surface area (Å²) in [5.41, 5.74) is -1.13. The highest BCUT2D eigenvalue weighted by Gasteiger charge is 2.40. The molecule has 0 aliphatic carbocycles. The largest absolute Gasteiger partial charge is 0.418 e. The Morgan fingerprint density at radius 1 is 1.42 bits per heavy atom. The third-order valence-corrected chi connectivity index (χ3v) is 3.42. The van der Waals surface area contributed by atoms with E-state index in [1.165, 1.54) is 12.1 Å². The predicted molar refractivity (Wildman–Crippen MR) is 66.3 cm³/mol. The standard InChI is InChI=1S/C12H12ClF3N2O/c1-17-9-5-6-18(11(9)19)10-7(12(14,15)16)3-2-4-8(10)13/h2-4,9,17H,5-6H2,1H3. The molecule has 1 fully saturated rings. The Kier molecular flexibility index (Phi) is 3.73. The lowest BCUT2D eigenvalue weighted by molar-refractivity contribution is -0.137. The van der Waals surface area contributed by atoms with Gasteiger partial charge in [0.1, 0.15) is 0 Å². The molecule has 1 aromatic carbocycles. The highest BCUT2D eigenvalue weighted by atomic mass is 35.5. The molecule has 0 radical (unpaired) electrons. The molecule has 1 heterocycles. The molecule has 3 nitrogen and oxygen atoms in total. The van der Waals surface area contributed by atoms with Crippen molar-refractivity contribution in [2.24, 2.45) is 0 Å². The van der Waals surface area contributed by atoms with Crippen LogP contribution >= 0.6 is 11.6 Å². The number of hydrogen-bond donors (Lipinski definition) is 1. The fraction of sp³-hybridized carbons (Fsp3) is 0.417. The van der Waals surface area contributed by atoms with E-state index in [1.54, 1.807) is 7.05 Å². The topological polar surface area (TPSA) is 32.3 Å². The Hall–Kier alpha value is -1.27. The van der Waals surface area contributed by atoms with Crippen LogP contribution in [0.15, 0.2) is 18.2 Å². The van der Waals surface area contributed by atoms with Gasteiger partial charge in [-0.15, -0.1) is 0 Å². The van der Waals surface area contributed by atoms with Gasteiger partial charge in [0.15, 0.2) is 0 Å². The second kappa shape index (κ2) is 5.02. The molecular weight excluding hydrogens is 281 g/mol. The molecule has 2 rings (SSSR count). The molecule has 1 aromatic rings. The molecule has 0 saturated carbocycles. The summed E-state index contributed by atoms with van der Waals surface area (Å²) in [6.07, 6.45) is -4.09. The van der Waals surface area contributed by atoms with E-state index in [-0.39, 0.29) is 23.2 Å². The quantitative estimate of drug-likeness (QED) is 0.909. The highest BCUT2D eigenvalue weighted by Crippen LogP contribution is 2.41. The lowest BCUT2D eigenvalue weighted by atomic mass is 10.1. The normalized spacial score (nSPS) is 20.2. The number of likely N-dealkylation sites (N-methyl/N-ethyl adjacent to an activating group) is 1. The van der Waals surface area contributed by atoms with Crippen LogP contribution in [0.25, 0.3) is 0 Å². The second-order valence-electron chi connectivity index (χ2n) is 4.25. The number of anilines is 1. The predicted octanol–water partition coefficient (Wildman–Crippen LogP) is 2.68. The van der Waals surface area contributed by atoms with Crippen LogP contribution in [0.3, 0.4) is 0 Å². The van der Waals surface area contributed by atoms with Gasteiger partial charge in [-0.2, -0.15) is 13.2 Å². The molecule has 7 heteroatoms. The zero-order valence-electron chi connectivity index (χ0n) is 10.1. The summed E-state index contributed by atoms with van der Waals surface area (Å²) in [7, 11) is 1.60. The molecule has 0 spiro atoms. The molecule has 104 valence electrons. The Labute approximate surface area is 113 Å². The number of carbonyl (C=O) groups excluding carboxylic acids is 1. The Balaban J connectivity index is 2.48. The number of alkyl halides is 3. The van der Waals surface area contributed by atoms with Gasteiger partial charge in [0.2, 0.25) is 5.91 Å². The van der Waals surface area contributed by atoms with Gasteiger partial charge in [0.05, 0.1) is 22.3 Å². The van der Waals surface area contributed by atoms with Gasteiger partial charge < -0.3 is 10.2 Å². The number of halogens is 4. The molecule has 1 amide bonds. The number of carbonyl (C=O) groups is 1.